The number of carbonyl (C=O) groups is 2. The number of rotatable bonds is 2. The van der Waals surface area contributed by atoms with Crippen molar-refractivity contribution in [3.05, 3.63) is 0 Å². The second kappa shape index (κ2) is 6.57. The fourth-order valence-corrected chi connectivity index (χ4v) is 4.00. The summed E-state index contributed by atoms with van der Waals surface area (Å²) in [7, 11) is 0. The highest BCUT2D eigenvalue weighted by Gasteiger charge is 2.51. The first-order chi connectivity index (χ1) is 10.9. The van der Waals surface area contributed by atoms with E-state index in [1.165, 1.54) is 6.42 Å². The normalized spacial score (nSPS) is 27.6. The van der Waals surface area contributed by atoms with Crippen molar-refractivity contribution in [2.24, 2.45) is 11.3 Å². The van der Waals surface area contributed by atoms with Crippen molar-refractivity contribution in [2.45, 2.75) is 84.8 Å². The molecule has 5 heteroatoms. The summed E-state index contributed by atoms with van der Waals surface area (Å²) in [5, 5.41) is 0. The van der Waals surface area contributed by atoms with E-state index >= 15 is 0 Å². The van der Waals surface area contributed by atoms with Crippen LogP contribution in [-0.4, -0.2) is 41.3 Å². The predicted molar refractivity (Wildman–Crippen MR) is 92.7 cm³/mol. The first-order valence-corrected chi connectivity index (χ1v) is 9.10. The van der Waals surface area contributed by atoms with E-state index in [2.05, 4.69) is 0 Å². The van der Waals surface area contributed by atoms with Crippen LogP contribution in [0.15, 0.2) is 0 Å². The van der Waals surface area contributed by atoms with E-state index in [-0.39, 0.29) is 17.5 Å². The average Bonchev–Trinajstić information content (AvgIpc) is 2.73. The minimum atomic E-state index is -0.497. The molecule has 5 nitrogen and oxygen atoms in total. The van der Waals surface area contributed by atoms with Crippen LogP contribution in [0, 0.1) is 11.3 Å². The molecule has 0 N–H and O–H groups in total. The third-order valence-electron chi connectivity index (χ3n) is 4.86. The Morgan fingerprint density at radius 1 is 1.04 bits per heavy atom. The second-order valence-electron chi connectivity index (χ2n) is 9.43. The first kappa shape index (κ1) is 19.1. The summed E-state index contributed by atoms with van der Waals surface area (Å²) in [6, 6.07) is 0. The van der Waals surface area contributed by atoms with Gasteiger partial charge in [0, 0.05) is 18.5 Å². The van der Waals surface area contributed by atoms with Crippen LogP contribution in [-0.2, 0) is 14.3 Å². The molecule has 24 heavy (non-hydrogen) atoms. The highest BCUT2D eigenvalue weighted by atomic mass is 16.6. The number of amides is 1. The van der Waals surface area contributed by atoms with E-state index in [1.807, 2.05) is 41.5 Å². The number of hydrogen-bond donors (Lipinski definition) is 0. The number of carbonyl (C=O) groups excluding carboxylic acids is 2. The van der Waals surface area contributed by atoms with Gasteiger partial charge in [-0.3, -0.25) is 4.79 Å². The monoisotopic (exact) mass is 339 g/mol. The lowest BCUT2D eigenvalue weighted by molar-refractivity contribution is -0.158. The first-order valence-electron chi connectivity index (χ1n) is 9.10. The number of ether oxygens (including phenoxy) is 2. The van der Waals surface area contributed by atoms with Gasteiger partial charge in [-0.1, -0.05) is 12.8 Å². The highest BCUT2D eigenvalue weighted by Crippen LogP contribution is 2.49. The summed E-state index contributed by atoms with van der Waals surface area (Å²) in [5.41, 5.74) is -1.11. The average molecular weight is 339 g/mol. The maximum Gasteiger partial charge on any atom is 0.410 e. The Morgan fingerprint density at radius 2 is 1.67 bits per heavy atom. The SMILES string of the molecule is CC(C)(C)OC(=O)CC12CCCCC1CN(C(=O)OC(C)(C)C)C2. The molecule has 2 rings (SSSR count). The van der Waals surface area contributed by atoms with Gasteiger partial charge in [-0.25, -0.2) is 4.79 Å². The lowest BCUT2D eigenvalue weighted by Gasteiger charge is -2.38. The van der Waals surface area contributed by atoms with Gasteiger partial charge < -0.3 is 14.4 Å². The Balaban J connectivity index is 2.08. The van der Waals surface area contributed by atoms with Gasteiger partial charge in [0.05, 0.1) is 6.42 Å². The minimum Gasteiger partial charge on any atom is -0.460 e. The molecule has 1 saturated carbocycles. The van der Waals surface area contributed by atoms with Crippen LogP contribution >= 0.6 is 0 Å². The molecule has 0 aromatic carbocycles. The van der Waals surface area contributed by atoms with Crippen LogP contribution in [0.1, 0.15) is 73.6 Å². The fraction of sp³-hybridized carbons (Fsp3) is 0.895. The van der Waals surface area contributed by atoms with Crippen LogP contribution < -0.4 is 0 Å². The zero-order valence-corrected chi connectivity index (χ0v) is 16.1. The molecule has 0 aromatic heterocycles. The van der Waals surface area contributed by atoms with Gasteiger partial charge in [-0.05, 0) is 60.3 Å². The number of nitrogens with zero attached hydrogens (tertiary/aromatic N) is 1. The van der Waals surface area contributed by atoms with E-state index < -0.39 is 11.2 Å². The quantitative estimate of drug-likeness (QED) is 0.709. The van der Waals surface area contributed by atoms with Crippen LogP contribution in [0.2, 0.25) is 0 Å². The lowest BCUT2D eigenvalue weighted by atomic mass is 9.66. The van der Waals surface area contributed by atoms with Crippen molar-refractivity contribution in [2.75, 3.05) is 13.1 Å². The van der Waals surface area contributed by atoms with Gasteiger partial charge in [0.2, 0.25) is 0 Å². The fourth-order valence-electron chi connectivity index (χ4n) is 4.00. The van der Waals surface area contributed by atoms with Crippen molar-refractivity contribution in [3.63, 3.8) is 0 Å². The standard InChI is InChI=1S/C19H33NO4/c1-17(2,3)23-15(21)11-19-10-8-7-9-14(19)12-20(13-19)16(22)24-18(4,5)6/h14H,7-13H2,1-6H3. The number of esters is 1. The Morgan fingerprint density at radius 3 is 2.25 bits per heavy atom. The van der Waals surface area contributed by atoms with Crippen molar-refractivity contribution in [1.82, 2.24) is 4.90 Å². The van der Waals surface area contributed by atoms with Crippen LogP contribution in [0.4, 0.5) is 4.79 Å². The van der Waals surface area contributed by atoms with E-state index in [0.29, 0.717) is 25.4 Å². The molecule has 2 fully saturated rings. The molecule has 0 radical (unpaired) electrons. The Hall–Kier alpha value is -1.26. The summed E-state index contributed by atoms with van der Waals surface area (Å²) in [6.45, 7) is 12.6. The second-order valence-corrected chi connectivity index (χ2v) is 9.43. The minimum absolute atomic E-state index is 0.141. The summed E-state index contributed by atoms with van der Waals surface area (Å²) in [4.78, 5) is 26.7. The van der Waals surface area contributed by atoms with Crippen LogP contribution in [0.5, 0.6) is 0 Å². The van der Waals surface area contributed by atoms with Gasteiger partial charge in [0.15, 0.2) is 0 Å². The molecule has 2 unspecified atom stereocenters. The van der Waals surface area contributed by atoms with Gasteiger partial charge in [-0.15, -0.1) is 0 Å². The molecule has 2 atom stereocenters. The van der Waals surface area contributed by atoms with Crippen LogP contribution in [0.3, 0.4) is 0 Å². The highest BCUT2D eigenvalue weighted by molar-refractivity contribution is 5.72. The molecule has 0 spiro atoms. The van der Waals surface area contributed by atoms with E-state index in [0.717, 1.165) is 19.3 Å². The molecular weight excluding hydrogens is 306 g/mol. The Bertz CT molecular complexity index is 489. The zero-order chi connectivity index (χ0) is 18.2. The maximum absolute atomic E-state index is 12.4. The molecule has 1 aliphatic heterocycles. The van der Waals surface area contributed by atoms with Gasteiger partial charge >= 0.3 is 12.1 Å². The number of likely N-dealkylation sites (tertiary alicyclic amines) is 1. The summed E-state index contributed by atoms with van der Waals surface area (Å²) >= 11 is 0. The van der Waals surface area contributed by atoms with E-state index in [4.69, 9.17) is 9.47 Å². The van der Waals surface area contributed by atoms with Gasteiger partial charge in [-0.2, -0.15) is 0 Å². The predicted octanol–water partition coefficient (Wildman–Crippen LogP) is 4.15. The summed E-state index contributed by atoms with van der Waals surface area (Å²) < 4.78 is 11.1. The smallest absolute Gasteiger partial charge is 0.410 e. The molecule has 1 aliphatic carbocycles. The summed E-state index contributed by atoms with van der Waals surface area (Å²) in [5.74, 6) is 0.215. The third-order valence-corrected chi connectivity index (χ3v) is 4.86. The number of fused-ring (bicyclic) bond motifs is 1. The van der Waals surface area contributed by atoms with Crippen molar-refractivity contribution in [1.29, 1.82) is 0 Å². The molecule has 138 valence electrons. The van der Waals surface area contributed by atoms with Crippen molar-refractivity contribution < 1.29 is 19.1 Å². The molecule has 1 amide bonds. The zero-order valence-electron chi connectivity index (χ0n) is 16.1. The molecule has 1 heterocycles. The maximum atomic E-state index is 12.4. The molecule has 1 saturated heterocycles. The Labute approximate surface area is 146 Å². The number of hydrogen-bond acceptors (Lipinski definition) is 4. The van der Waals surface area contributed by atoms with E-state index in [1.54, 1.807) is 4.90 Å². The topological polar surface area (TPSA) is 55.8 Å². The molecule has 2 aliphatic rings. The Kier molecular flexibility index (Phi) is 5.22. The largest absolute Gasteiger partial charge is 0.460 e. The van der Waals surface area contributed by atoms with Gasteiger partial charge in [0.1, 0.15) is 11.2 Å². The van der Waals surface area contributed by atoms with Gasteiger partial charge in [0.25, 0.3) is 0 Å². The van der Waals surface area contributed by atoms with Crippen LogP contribution in [0.25, 0.3) is 0 Å². The lowest BCUT2D eigenvalue weighted by Crippen LogP contribution is -2.39. The summed E-state index contributed by atoms with van der Waals surface area (Å²) in [6.07, 6.45) is 4.47. The van der Waals surface area contributed by atoms with Crippen molar-refractivity contribution >= 4 is 12.1 Å². The van der Waals surface area contributed by atoms with E-state index in [9.17, 15) is 9.59 Å². The molecule has 0 bridgehead atoms. The third kappa shape index (κ3) is 4.87. The van der Waals surface area contributed by atoms with Crippen molar-refractivity contribution in [3.8, 4) is 0 Å². The molecule has 0 aromatic rings. The molecular formula is C19H33NO4.